The van der Waals surface area contributed by atoms with Gasteiger partial charge < -0.3 is 19.1 Å². The quantitative estimate of drug-likeness (QED) is 0.353. The molecule has 0 spiro atoms. The molecule has 0 saturated carbocycles. The van der Waals surface area contributed by atoms with Crippen LogP contribution in [0.4, 0.5) is 0 Å². The molecule has 0 unspecified atom stereocenters. The summed E-state index contributed by atoms with van der Waals surface area (Å²) in [4.78, 5) is 40.9. The average Bonchev–Trinajstić information content (AvgIpc) is 2.31. The van der Waals surface area contributed by atoms with E-state index in [9.17, 15) is 19.2 Å². The Hall–Kier alpha value is -2.06. The largest absolute Gasteiger partial charge is 0.617 e. The van der Waals surface area contributed by atoms with Crippen LogP contribution in [0.25, 0.3) is 0 Å². The maximum absolute atomic E-state index is 10.3. The van der Waals surface area contributed by atoms with Gasteiger partial charge in [-0.2, -0.15) is 0 Å². The van der Waals surface area contributed by atoms with E-state index in [0.717, 1.165) is 0 Å². The van der Waals surface area contributed by atoms with Crippen LogP contribution in [0.3, 0.4) is 0 Å². The Morgan fingerprint density at radius 1 is 1.23 bits per heavy atom. The fraction of sp³-hybridized carbons (Fsp3) is 0. The molecule has 0 aromatic rings. The van der Waals surface area contributed by atoms with Crippen molar-refractivity contribution < 1.29 is 38.2 Å². The standard InChI is InChI=1S/C4H2BO8/c6-1(7)2(8)11-5-12-3(9)4(10)13-5/h5H,(H,6,7)/q-1. The van der Waals surface area contributed by atoms with Crippen molar-refractivity contribution in [2.75, 3.05) is 0 Å². The fourth-order valence-corrected chi connectivity index (χ4v) is 0.589. The minimum absolute atomic E-state index is 1.31. The van der Waals surface area contributed by atoms with E-state index in [1.165, 1.54) is 0 Å². The minimum Gasteiger partial charge on any atom is -0.617 e. The Morgan fingerprint density at radius 2 is 1.69 bits per heavy atom. The molecule has 0 atom stereocenters. The first-order valence-electron chi connectivity index (χ1n) is 3.02. The molecule has 9 heteroatoms. The van der Waals surface area contributed by atoms with Crippen molar-refractivity contribution in [2.24, 2.45) is 0 Å². The monoisotopic (exact) mass is 189 g/mol. The maximum atomic E-state index is 10.3. The Kier molecular flexibility index (Phi) is 2.18. The topological polar surface area (TPSA) is 116 Å². The molecular weight excluding hydrogens is 187 g/mol. The molecular formula is C4H2BO8-. The van der Waals surface area contributed by atoms with E-state index in [0.29, 0.717) is 0 Å². The number of hydrogen-bond donors (Lipinski definition) is 1. The van der Waals surface area contributed by atoms with E-state index >= 15 is 0 Å². The summed E-state index contributed by atoms with van der Waals surface area (Å²) in [6, 6.07) is 0. The lowest BCUT2D eigenvalue weighted by Crippen LogP contribution is -2.29. The molecule has 1 aliphatic rings. The molecule has 70 valence electrons. The lowest BCUT2D eigenvalue weighted by Gasteiger charge is -2.15. The summed E-state index contributed by atoms with van der Waals surface area (Å²) < 4.78 is 12.1. The van der Waals surface area contributed by atoms with Gasteiger partial charge in [-0.05, 0) is 0 Å². The van der Waals surface area contributed by atoms with E-state index < -0.39 is 31.2 Å². The SMILES string of the molecule is O=C(O)C(=O)O[BH-]1OC(=O)C(=O)O1. The highest BCUT2D eigenvalue weighted by molar-refractivity contribution is 6.58. The second-order valence-corrected chi connectivity index (χ2v) is 1.95. The molecule has 1 aliphatic heterocycles. The van der Waals surface area contributed by atoms with Crippen LogP contribution in [-0.2, 0) is 33.1 Å². The Morgan fingerprint density at radius 3 is 2.08 bits per heavy atom. The summed E-state index contributed by atoms with van der Waals surface area (Å²) in [5, 5.41) is 8.03. The van der Waals surface area contributed by atoms with E-state index in [1.807, 2.05) is 0 Å². The van der Waals surface area contributed by atoms with Gasteiger partial charge in [0, 0.05) is 0 Å². The van der Waals surface area contributed by atoms with Crippen molar-refractivity contribution in [1.29, 1.82) is 0 Å². The van der Waals surface area contributed by atoms with Crippen molar-refractivity contribution in [3.8, 4) is 0 Å². The second-order valence-electron chi connectivity index (χ2n) is 1.95. The first-order valence-corrected chi connectivity index (χ1v) is 3.02. The summed E-state index contributed by atoms with van der Waals surface area (Å²) >= 11 is 0. The highest BCUT2D eigenvalue weighted by Gasteiger charge is 2.32. The molecule has 0 radical (unpaired) electrons. The van der Waals surface area contributed by atoms with Crippen molar-refractivity contribution in [3.63, 3.8) is 0 Å². The Labute approximate surface area is 70.5 Å². The van der Waals surface area contributed by atoms with Crippen LogP contribution in [0.5, 0.6) is 0 Å². The Bertz CT molecular complexity index is 279. The molecule has 1 N–H and O–H groups in total. The first kappa shape index (κ1) is 9.04. The van der Waals surface area contributed by atoms with Gasteiger partial charge in [0.15, 0.2) is 0 Å². The van der Waals surface area contributed by atoms with Crippen molar-refractivity contribution >= 4 is 31.2 Å². The molecule has 0 aliphatic carbocycles. The normalized spacial score (nSPS) is 16.3. The maximum Gasteiger partial charge on any atom is 0.542 e. The molecule has 0 aromatic heterocycles. The van der Waals surface area contributed by atoms with E-state index in [2.05, 4.69) is 14.0 Å². The van der Waals surface area contributed by atoms with Crippen LogP contribution in [0.15, 0.2) is 0 Å². The Balaban J connectivity index is 2.49. The van der Waals surface area contributed by atoms with Crippen LogP contribution in [0, 0.1) is 0 Å². The van der Waals surface area contributed by atoms with Gasteiger partial charge in [-0.3, -0.25) is 0 Å². The number of carboxylic acid groups (broad SMARTS) is 1. The van der Waals surface area contributed by atoms with Crippen LogP contribution >= 0.6 is 0 Å². The van der Waals surface area contributed by atoms with Gasteiger partial charge in [0.05, 0.1) is 0 Å². The van der Waals surface area contributed by atoms with Gasteiger partial charge in [0.1, 0.15) is 0 Å². The van der Waals surface area contributed by atoms with Crippen LogP contribution in [0.1, 0.15) is 0 Å². The van der Waals surface area contributed by atoms with Gasteiger partial charge >= 0.3 is 31.2 Å². The minimum atomic E-state index is -2.70. The number of carboxylic acids is 1. The highest BCUT2D eigenvalue weighted by atomic mass is 16.8. The summed E-state index contributed by atoms with van der Waals surface area (Å²) in [6.45, 7) is 0. The van der Waals surface area contributed by atoms with E-state index in [1.54, 1.807) is 0 Å². The lowest BCUT2D eigenvalue weighted by atomic mass is 10.2. The van der Waals surface area contributed by atoms with Gasteiger partial charge in [0.2, 0.25) is 0 Å². The molecule has 0 bridgehead atoms. The summed E-state index contributed by atoms with van der Waals surface area (Å²) in [5.41, 5.74) is 0. The molecule has 1 fully saturated rings. The average molecular weight is 189 g/mol. The summed E-state index contributed by atoms with van der Waals surface area (Å²) in [6.07, 6.45) is 0. The first-order chi connectivity index (χ1) is 6.00. The van der Waals surface area contributed by atoms with Crippen molar-refractivity contribution in [3.05, 3.63) is 0 Å². The molecule has 8 nitrogen and oxygen atoms in total. The number of carbonyl (C=O) groups is 4. The van der Waals surface area contributed by atoms with Crippen LogP contribution < -0.4 is 0 Å². The van der Waals surface area contributed by atoms with Gasteiger partial charge in [0.25, 0.3) is 0 Å². The number of rotatable bonds is 1. The zero-order valence-corrected chi connectivity index (χ0v) is 6.01. The molecule has 13 heavy (non-hydrogen) atoms. The molecule has 0 aromatic carbocycles. The third-order valence-corrected chi connectivity index (χ3v) is 1.09. The molecule has 1 heterocycles. The zero-order chi connectivity index (χ0) is 10.0. The highest BCUT2D eigenvalue weighted by Crippen LogP contribution is 2.04. The lowest BCUT2D eigenvalue weighted by molar-refractivity contribution is -0.159. The summed E-state index contributed by atoms with van der Waals surface area (Å²) in [5.74, 6) is -6.13. The number of hydrogen-bond acceptors (Lipinski definition) is 7. The molecule has 1 rings (SSSR count). The number of aliphatic carboxylic acids is 1. The van der Waals surface area contributed by atoms with Crippen LogP contribution in [-0.4, -0.2) is 36.3 Å². The van der Waals surface area contributed by atoms with E-state index in [-0.39, 0.29) is 0 Å². The van der Waals surface area contributed by atoms with Crippen molar-refractivity contribution in [1.82, 2.24) is 0 Å². The number of carbonyl (C=O) groups excluding carboxylic acids is 3. The summed E-state index contributed by atoms with van der Waals surface area (Å²) in [7, 11) is -2.70. The molecule has 1 saturated heterocycles. The third kappa shape index (κ3) is 1.95. The zero-order valence-electron chi connectivity index (χ0n) is 6.01. The molecule has 0 amide bonds. The van der Waals surface area contributed by atoms with Gasteiger partial charge in [-0.1, -0.05) is 0 Å². The van der Waals surface area contributed by atoms with Crippen molar-refractivity contribution in [2.45, 2.75) is 0 Å². The van der Waals surface area contributed by atoms with E-state index in [4.69, 9.17) is 5.11 Å². The second kappa shape index (κ2) is 3.13. The fourth-order valence-electron chi connectivity index (χ4n) is 0.589. The van der Waals surface area contributed by atoms with Crippen LogP contribution in [0.2, 0.25) is 0 Å². The predicted molar refractivity (Wildman–Crippen MR) is 33.1 cm³/mol. The smallest absolute Gasteiger partial charge is 0.542 e. The van der Waals surface area contributed by atoms with Gasteiger partial charge in [-0.25, -0.2) is 19.2 Å². The predicted octanol–water partition coefficient (Wildman–Crippen LogP) is -2.57. The third-order valence-electron chi connectivity index (χ3n) is 1.09. The van der Waals surface area contributed by atoms with Gasteiger partial charge in [-0.15, -0.1) is 0 Å².